The molecule has 1 aliphatic heterocycles. The van der Waals surface area contributed by atoms with Crippen LogP contribution in [-0.2, 0) is 0 Å². The number of anilines is 1. The Morgan fingerprint density at radius 1 is 1.71 bits per heavy atom. The lowest BCUT2D eigenvalue weighted by Gasteiger charge is -2.23. The topological polar surface area (TPSA) is 79.5 Å². The van der Waals surface area contributed by atoms with Gasteiger partial charge in [0.15, 0.2) is 0 Å². The zero-order chi connectivity index (χ0) is 12.4. The van der Waals surface area contributed by atoms with Gasteiger partial charge in [0.1, 0.15) is 5.15 Å². The second-order valence-corrected chi connectivity index (χ2v) is 4.44. The van der Waals surface area contributed by atoms with Gasteiger partial charge in [0.25, 0.3) is 5.91 Å². The molecule has 2 rings (SSSR count). The minimum absolute atomic E-state index is 0.0287. The van der Waals surface area contributed by atoms with E-state index in [1.54, 1.807) is 4.90 Å². The fourth-order valence-corrected chi connectivity index (χ4v) is 2.25. The lowest BCUT2D eigenvalue weighted by atomic mass is 10.2. The Morgan fingerprint density at radius 3 is 3.18 bits per heavy atom. The maximum atomic E-state index is 12.2. The number of carbonyl (C=O) groups is 1. The standard InChI is InChI=1S/C11H14ClN3O2/c12-10-9(4-7(13)5-14-10)11(17)15-3-1-2-8(15)6-16/h4-5,8,16H,1-3,6,13H2/t8-/m0/s1. The Labute approximate surface area is 104 Å². The number of nitrogens with zero attached hydrogens (tertiary/aromatic N) is 2. The van der Waals surface area contributed by atoms with Gasteiger partial charge < -0.3 is 15.7 Å². The number of nitrogens with two attached hydrogens (primary N) is 1. The fraction of sp³-hybridized carbons (Fsp3) is 0.455. The molecular weight excluding hydrogens is 242 g/mol. The van der Waals surface area contributed by atoms with Crippen LogP contribution in [0.4, 0.5) is 5.69 Å². The highest BCUT2D eigenvalue weighted by atomic mass is 35.5. The average molecular weight is 256 g/mol. The van der Waals surface area contributed by atoms with E-state index >= 15 is 0 Å². The summed E-state index contributed by atoms with van der Waals surface area (Å²) in [6.07, 6.45) is 3.12. The van der Waals surface area contributed by atoms with Crippen molar-refractivity contribution in [2.75, 3.05) is 18.9 Å². The highest BCUT2D eigenvalue weighted by Gasteiger charge is 2.30. The largest absolute Gasteiger partial charge is 0.397 e. The van der Waals surface area contributed by atoms with Crippen LogP contribution in [0.2, 0.25) is 5.15 Å². The molecule has 0 aliphatic carbocycles. The summed E-state index contributed by atoms with van der Waals surface area (Å²) in [6, 6.07) is 1.39. The van der Waals surface area contributed by atoms with Gasteiger partial charge in [-0.15, -0.1) is 0 Å². The van der Waals surface area contributed by atoms with Crippen molar-refractivity contribution in [2.45, 2.75) is 18.9 Å². The molecule has 1 amide bonds. The van der Waals surface area contributed by atoms with Crippen molar-refractivity contribution >= 4 is 23.2 Å². The van der Waals surface area contributed by atoms with Crippen LogP contribution in [0.5, 0.6) is 0 Å². The summed E-state index contributed by atoms with van der Waals surface area (Å²) in [4.78, 5) is 17.7. The van der Waals surface area contributed by atoms with Gasteiger partial charge in [-0.25, -0.2) is 4.98 Å². The van der Waals surface area contributed by atoms with Crippen LogP contribution in [-0.4, -0.2) is 40.1 Å². The molecule has 0 aromatic carbocycles. The molecule has 1 fully saturated rings. The molecule has 2 heterocycles. The molecule has 0 unspecified atom stereocenters. The molecule has 1 atom stereocenters. The summed E-state index contributed by atoms with van der Waals surface area (Å²) >= 11 is 5.88. The SMILES string of the molecule is Nc1cnc(Cl)c(C(=O)N2CCC[C@H]2CO)c1. The number of aliphatic hydroxyl groups is 1. The first-order valence-electron chi connectivity index (χ1n) is 5.46. The molecule has 0 radical (unpaired) electrons. The summed E-state index contributed by atoms with van der Waals surface area (Å²) in [5, 5.41) is 9.34. The summed E-state index contributed by atoms with van der Waals surface area (Å²) in [5.41, 5.74) is 6.29. The molecule has 0 bridgehead atoms. The number of rotatable bonds is 2. The van der Waals surface area contributed by atoms with Crippen LogP contribution >= 0.6 is 11.6 Å². The number of likely N-dealkylation sites (tertiary alicyclic amines) is 1. The smallest absolute Gasteiger partial charge is 0.257 e. The minimum atomic E-state index is -0.216. The van der Waals surface area contributed by atoms with Crippen molar-refractivity contribution in [1.29, 1.82) is 0 Å². The Bertz CT molecular complexity index is 439. The predicted octanol–water partition coefficient (Wildman–Crippen LogP) is 0.914. The van der Waals surface area contributed by atoms with Crippen LogP contribution < -0.4 is 5.73 Å². The number of nitrogen functional groups attached to an aromatic ring is 1. The highest BCUT2D eigenvalue weighted by Crippen LogP contribution is 2.23. The van der Waals surface area contributed by atoms with Gasteiger partial charge in [-0.3, -0.25) is 4.79 Å². The first-order valence-corrected chi connectivity index (χ1v) is 5.84. The molecule has 17 heavy (non-hydrogen) atoms. The third-order valence-electron chi connectivity index (χ3n) is 2.94. The first kappa shape index (κ1) is 12.1. The monoisotopic (exact) mass is 255 g/mol. The van der Waals surface area contributed by atoms with E-state index in [-0.39, 0.29) is 23.7 Å². The van der Waals surface area contributed by atoms with Crippen molar-refractivity contribution in [2.24, 2.45) is 0 Å². The number of carbonyl (C=O) groups excluding carboxylic acids is 1. The Morgan fingerprint density at radius 2 is 2.47 bits per heavy atom. The molecule has 1 aromatic rings. The van der Waals surface area contributed by atoms with Crippen molar-refractivity contribution in [1.82, 2.24) is 9.88 Å². The molecule has 1 aliphatic rings. The van der Waals surface area contributed by atoms with Crippen molar-refractivity contribution in [3.05, 3.63) is 23.0 Å². The number of pyridine rings is 1. The number of aliphatic hydroxyl groups excluding tert-OH is 1. The Hall–Kier alpha value is -1.33. The quantitative estimate of drug-likeness (QED) is 0.770. The maximum absolute atomic E-state index is 12.2. The van der Waals surface area contributed by atoms with E-state index < -0.39 is 0 Å². The predicted molar refractivity (Wildman–Crippen MR) is 64.8 cm³/mol. The van der Waals surface area contributed by atoms with E-state index in [0.717, 1.165) is 12.8 Å². The second kappa shape index (κ2) is 4.89. The van der Waals surface area contributed by atoms with Crippen LogP contribution in [0.1, 0.15) is 23.2 Å². The molecule has 5 nitrogen and oxygen atoms in total. The van der Waals surface area contributed by atoms with Crippen LogP contribution in [0, 0.1) is 0 Å². The van der Waals surface area contributed by atoms with Gasteiger partial charge >= 0.3 is 0 Å². The van der Waals surface area contributed by atoms with Gasteiger partial charge in [0.2, 0.25) is 0 Å². The van der Waals surface area contributed by atoms with Crippen LogP contribution in [0.3, 0.4) is 0 Å². The molecule has 6 heteroatoms. The van der Waals surface area contributed by atoms with Gasteiger partial charge in [0, 0.05) is 6.54 Å². The van der Waals surface area contributed by atoms with Crippen LogP contribution in [0.15, 0.2) is 12.3 Å². The van der Waals surface area contributed by atoms with Crippen molar-refractivity contribution in [3.8, 4) is 0 Å². The number of halogens is 1. The second-order valence-electron chi connectivity index (χ2n) is 4.08. The van der Waals surface area contributed by atoms with Crippen LogP contribution in [0.25, 0.3) is 0 Å². The van der Waals surface area contributed by atoms with E-state index in [0.29, 0.717) is 17.8 Å². The van der Waals surface area contributed by atoms with Crippen molar-refractivity contribution < 1.29 is 9.90 Å². The van der Waals surface area contributed by atoms with Gasteiger partial charge in [-0.05, 0) is 18.9 Å². The third kappa shape index (κ3) is 2.35. The highest BCUT2D eigenvalue weighted by molar-refractivity contribution is 6.32. The summed E-state index contributed by atoms with van der Waals surface area (Å²) in [5.74, 6) is -0.216. The molecule has 1 aromatic heterocycles. The maximum Gasteiger partial charge on any atom is 0.257 e. The summed E-state index contributed by atoms with van der Waals surface area (Å²) in [7, 11) is 0. The Kier molecular flexibility index (Phi) is 3.49. The summed E-state index contributed by atoms with van der Waals surface area (Å²) in [6.45, 7) is 0.605. The number of amides is 1. The molecule has 0 saturated carbocycles. The van der Waals surface area contributed by atoms with Gasteiger partial charge in [-0.1, -0.05) is 11.6 Å². The molecule has 1 saturated heterocycles. The molecular formula is C11H14ClN3O2. The minimum Gasteiger partial charge on any atom is -0.397 e. The lowest BCUT2D eigenvalue weighted by Crippen LogP contribution is -2.37. The zero-order valence-electron chi connectivity index (χ0n) is 9.27. The molecule has 0 spiro atoms. The number of hydrogen-bond donors (Lipinski definition) is 2. The Balaban J connectivity index is 2.27. The number of aromatic nitrogens is 1. The lowest BCUT2D eigenvalue weighted by molar-refractivity contribution is 0.0677. The van der Waals surface area contributed by atoms with Gasteiger partial charge in [-0.2, -0.15) is 0 Å². The first-order chi connectivity index (χ1) is 8.13. The van der Waals surface area contributed by atoms with E-state index in [2.05, 4.69) is 4.98 Å². The molecule has 3 N–H and O–H groups in total. The fourth-order valence-electron chi connectivity index (χ4n) is 2.06. The third-order valence-corrected chi connectivity index (χ3v) is 3.24. The van der Waals surface area contributed by atoms with E-state index in [9.17, 15) is 9.90 Å². The van der Waals surface area contributed by atoms with Crippen molar-refractivity contribution in [3.63, 3.8) is 0 Å². The molecule has 92 valence electrons. The van der Waals surface area contributed by atoms with E-state index in [4.69, 9.17) is 17.3 Å². The number of hydrogen-bond acceptors (Lipinski definition) is 4. The van der Waals surface area contributed by atoms with E-state index in [1.165, 1.54) is 12.3 Å². The van der Waals surface area contributed by atoms with Gasteiger partial charge in [0.05, 0.1) is 30.1 Å². The zero-order valence-corrected chi connectivity index (χ0v) is 10.0. The average Bonchev–Trinajstić information content (AvgIpc) is 2.79. The normalized spacial score (nSPS) is 19.6. The summed E-state index contributed by atoms with van der Waals surface area (Å²) < 4.78 is 0. The van der Waals surface area contributed by atoms with E-state index in [1.807, 2.05) is 0 Å².